The van der Waals surface area contributed by atoms with Crippen molar-refractivity contribution in [2.75, 3.05) is 5.73 Å². The van der Waals surface area contributed by atoms with Crippen LogP contribution in [0, 0.1) is 11.6 Å². The van der Waals surface area contributed by atoms with Crippen LogP contribution in [0.25, 0.3) is 0 Å². The van der Waals surface area contributed by atoms with Crippen molar-refractivity contribution in [2.24, 2.45) is 0 Å². The zero-order valence-electron chi connectivity index (χ0n) is 13.8. The molecule has 0 bridgehead atoms. The fourth-order valence-electron chi connectivity index (χ4n) is 3.00. The number of aryl methyl sites for hydroxylation is 1. The van der Waals surface area contributed by atoms with Gasteiger partial charge in [-0.3, -0.25) is 0 Å². The molecule has 1 aliphatic rings. The van der Waals surface area contributed by atoms with Crippen molar-refractivity contribution in [3.8, 4) is 17.4 Å². The molecule has 4 rings (SSSR count). The molecule has 0 fully saturated rings. The summed E-state index contributed by atoms with van der Waals surface area (Å²) >= 11 is 0. The summed E-state index contributed by atoms with van der Waals surface area (Å²) in [5.74, 6) is 0.565. The number of nitrogen functional groups attached to an aromatic ring is 1. The molecule has 1 unspecified atom stereocenters. The fourth-order valence-corrected chi connectivity index (χ4v) is 3.00. The van der Waals surface area contributed by atoms with Crippen LogP contribution in [0.1, 0.15) is 23.7 Å². The summed E-state index contributed by atoms with van der Waals surface area (Å²) in [6.45, 7) is 0. The van der Waals surface area contributed by atoms with Crippen LogP contribution in [0.3, 0.4) is 0 Å². The molecule has 4 nitrogen and oxygen atoms in total. The maximum Gasteiger partial charge on any atom is 0.219 e. The fraction of sp³-hybridized carbons (Fsp3) is 0.150. The average Bonchev–Trinajstić information content (AvgIpc) is 2.62. The van der Waals surface area contributed by atoms with Gasteiger partial charge in [0, 0.05) is 12.1 Å². The second-order valence-electron chi connectivity index (χ2n) is 6.15. The highest BCUT2D eigenvalue weighted by atomic mass is 19.1. The molecule has 132 valence electrons. The lowest BCUT2D eigenvalue weighted by atomic mass is 9.97. The van der Waals surface area contributed by atoms with E-state index < -0.39 is 11.6 Å². The molecule has 0 spiro atoms. The van der Waals surface area contributed by atoms with E-state index in [1.165, 1.54) is 18.3 Å². The minimum absolute atomic E-state index is 0.377. The van der Waals surface area contributed by atoms with Crippen molar-refractivity contribution in [1.82, 2.24) is 4.98 Å². The molecule has 6 heteroatoms. The SMILES string of the molecule is Nc1ccc(Oc2ccc3c(c2)CCC(c2cc(F)cc(F)c2)O3)nc1. The molecule has 1 aromatic heterocycles. The van der Waals surface area contributed by atoms with Gasteiger partial charge in [0.1, 0.15) is 29.2 Å². The van der Waals surface area contributed by atoms with Gasteiger partial charge in [-0.05, 0) is 60.4 Å². The molecule has 0 saturated carbocycles. The van der Waals surface area contributed by atoms with Crippen molar-refractivity contribution < 1.29 is 18.3 Å². The number of hydrogen-bond acceptors (Lipinski definition) is 4. The highest BCUT2D eigenvalue weighted by Gasteiger charge is 2.23. The predicted octanol–water partition coefficient (Wildman–Crippen LogP) is 4.80. The number of pyridine rings is 1. The Morgan fingerprint density at radius 3 is 2.58 bits per heavy atom. The van der Waals surface area contributed by atoms with Gasteiger partial charge in [0.25, 0.3) is 0 Å². The predicted molar refractivity (Wildman–Crippen MR) is 93.2 cm³/mol. The van der Waals surface area contributed by atoms with Crippen LogP contribution >= 0.6 is 0 Å². The number of nitrogens with two attached hydrogens (primary N) is 1. The number of ether oxygens (including phenoxy) is 2. The van der Waals surface area contributed by atoms with Gasteiger partial charge in [0.05, 0.1) is 11.9 Å². The molecular formula is C20H16F2N2O2. The maximum atomic E-state index is 13.4. The second-order valence-corrected chi connectivity index (χ2v) is 6.15. The van der Waals surface area contributed by atoms with E-state index >= 15 is 0 Å². The van der Waals surface area contributed by atoms with Crippen molar-refractivity contribution in [1.29, 1.82) is 0 Å². The molecule has 0 radical (unpaired) electrons. The minimum Gasteiger partial charge on any atom is -0.485 e. The summed E-state index contributed by atoms with van der Waals surface area (Å²) in [5.41, 5.74) is 7.65. The first-order valence-corrected chi connectivity index (χ1v) is 8.22. The van der Waals surface area contributed by atoms with Gasteiger partial charge in [-0.25, -0.2) is 13.8 Å². The number of hydrogen-bond donors (Lipinski definition) is 1. The Labute approximate surface area is 149 Å². The number of anilines is 1. The Balaban J connectivity index is 1.52. The van der Waals surface area contributed by atoms with Gasteiger partial charge in [-0.2, -0.15) is 0 Å². The number of nitrogens with zero attached hydrogens (tertiary/aromatic N) is 1. The van der Waals surface area contributed by atoms with E-state index in [4.69, 9.17) is 15.2 Å². The zero-order valence-corrected chi connectivity index (χ0v) is 13.8. The van der Waals surface area contributed by atoms with Crippen molar-refractivity contribution in [2.45, 2.75) is 18.9 Å². The van der Waals surface area contributed by atoms with E-state index in [0.29, 0.717) is 41.5 Å². The van der Waals surface area contributed by atoms with Crippen LogP contribution in [0.5, 0.6) is 17.4 Å². The number of aromatic nitrogens is 1. The third-order valence-electron chi connectivity index (χ3n) is 4.22. The van der Waals surface area contributed by atoms with Gasteiger partial charge in [-0.15, -0.1) is 0 Å². The van der Waals surface area contributed by atoms with Gasteiger partial charge in [-0.1, -0.05) is 0 Å². The number of fused-ring (bicyclic) bond motifs is 1. The third kappa shape index (κ3) is 3.44. The molecule has 2 N–H and O–H groups in total. The van der Waals surface area contributed by atoms with Crippen LogP contribution < -0.4 is 15.2 Å². The number of benzene rings is 2. The van der Waals surface area contributed by atoms with Crippen LogP contribution in [0.15, 0.2) is 54.7 Å². The largest absolute Gasteiger partial charge is 0.485 e. The molecule has 0 amide bonds. The first-order valence-electron chi connectivity index (χ1n) is 8.22. The Bertz CT molecular complexity index is 925. The van der Waals surface area contributed by atoms with Crippen LogP contribution in [-0.2, 0) is 6.42 Å². The van der Waals surface area contributed by atoms with E-state index in [2.05, 4.69) is 4.98 Å². The molecule has 26 heavy (non-hydrogen) atoms. The zero-order chi connectivity index (χ0) is 18.1. The monoisotopic (exact) mass is 354 g/mol. The van der Waals surface area contributed by atoms with Gasteiger partial charge in [0.15, 0.2) is 0 Å². The van der Waals surface area contributed by atoms with Gasteiger partial charge >= 0.3 is 0 Å². The summed E-state index contributed by atoms with van der Waals surface area (Å²) < 4.78 is 38.5. The molecule has 3 aromatic rings. The van der Waals surface area contributed by atoms with E-state index in [1.54, 1.807) is 24.3 Å². The smallest absolute Gasteiger partial charge is 0.219 e. The molecule has 0 aliphatic carbocycles. The lowest BCUT2D eigenvalue weighted by Gasteiger charge is -2.26. The van der Waals surface area contributed by atoms with Crippen LogP contribution in [0.2, 0.25) is 0 Å². The lowest BCUT2D eigenvalue weighted by Crippen LogP contribution is -2.15. The molecular weight excluding hydrogens is 338 g/mol. The molecule has 2 aromatic carbocycles. The molecule has 1 aliphatic heterocycles. The standard InChI is InChI=1S/C20H16F2N2O2/c21-14-7-13(8-15(22)10-14)19-4-1-12-9-17(3-5-18(12)26-19)25-20-6-2-16(23)11-24-20/h2-3,5-11,19H,1,4,23H2. The van der Waals surface area contributed by atoms with Crippen molar-refractivity contribution >= 4 is 5.69 Å². The number of halogens is 2. The quantitative estimate of drug-likeness (QED) is 0.734. The van der Waals surface area contributed by atoms with Crippen LogP contribution in [-0.4, -0.2) is 4.98 Å². The normalized spacial score (nSPS) is 15.8. The first kappa shape index (κ1) is 16.3. The average molecular weight is 354 g/mol. The Hall–Kier alpha value is -3.15. The Morgan fingerprint density at radius 2 is 1.85 bits per heavy atom. The Kier molecular flexibility index (Phi) is 4.16. The molecule has 1 atom stereocenters. The van der Waals surface area contributed by atoms with E-state index in [1.807, 2.05) is 6.07 Å². The lowest BCUT2D eigenvalue weighted by molar-refractivity contribution is 0.175. The Morgan fingerprint density at radius 1 is 1.04 bits per heavy atom. The summed E-state index contributed by atoms with van der Waals surface area (Å²) in [4.78, 5) is 4.10. The summed E-state index contributed by atoms with van der Waals surface area (Å²) in [7, 11) is 0. The topological polar surface area (TPSA) is 57.4 Å². The van der Waals surface area contributed by atoms with E-state index in [-0.39, 0.29) is 6.10 Å². The van der Waals surface area contributed by atoms with Crippen LogP contribution in [0.4, 0.5) is 14.5 Å². The third-order valence-corrected chi connectivity index (χ3v) is 4.22. The molecule has 2 heterocycles. The molecule has 0 saturated heterocycles. The van der Waals surface area contributed by atoms with Gasteiger partial charge in [0.2, 0.25) is 5.88 Å². The van der Waals surface area contributed by atoms with E-state index in [0.717, 1.165) is 11.6 Å². The van der Waals surface area contributed by atoms with Crippen molar-refractivity contribution in [3.63, 3.8) is 0 Å². The van der Waals surface area contributed by atoms with E-state index in [9.17, 15) is 8.78 Å². The highest BCUT2D eigenvalue weighted by molar-refractivity contribution is 5.44. The maximum absolute atomic E-state index is 13.4. The number of rotatable bonds is 3. The highest BCUT2D eigenvalue weighted by Crippen LogP contribution is 2.37. The minimum atomic E-state index is -0.603. The second kappa shape index (κ2) is 6.63. The van der Waals surface area contributed by atoms with Crippen molar-refractivity contribution in [3.05, 3.63) is 77.5 Å². The summed E-state index contributed by atoms with van der Waals surface area (Å²) in [6.07, 6.45) is 2.49. The summed E-state index contributed by atoms with van der Waals surface area (Å²) in [5, 5.41) is 0. The van der Waals surface area contributed by atoms with Gasteiger partial charge < -0.3 is 15.2 Å². The first-order chi connectivity index (χ1) is 12.6. The summed E-state index contributed by atoms with van der Waals surface area (Å²) in [6, 6.07) is 12.3.